The standard InChI is InChI=1S/C18H20N2O3S/c1-12-8-9-13(2)17(10-12)24(22,23)20-11-14(3)19-18(21)15-6-4-5-7-16(15)20/h4-10,14H,11H2,1-3H3,(H,19,21)/t14-/m1/s1. The number of anilines is 1. The lowest BCUT2D eigenvalue weighted by Gasteiger charge is -2.26. The van der Waals surface area contributed by atoms with Crippen LogP contribution >= 0.6 is 0 Å². The van der Waals surface area contributed by atoms with Crippen molar-refractivity contribution < 1.29 is 13.2 Å². The Balaban J connectivity index is 2.21. The number of hydrogen-bond acceptors (Lipinski definition) is 3. The zero-order valence-corrected chi connectivity index (χ0v) is 14.7. The van der Waals surface area contributed by atoms with Crippen LogP contribution in [0.3, 0.4) is 0 Å². The van der Waals surface area contributed by atoms with Gasteiger partial charge in [0, 0.05) is 6.04 Å². The van der Waals surface area contributed by atoms with Gasteiger partial charge in [0.2, 0.25) is 0 Å². The molecule has 1 N–H and O–H groups in total. The van der Waals surface area contributed by atoms with Crippen LogP contribution in [0.2, 0.25) is 0 Å². The van der Waals surface area contributed by atoms with E-state index in [1.54, 1.807) is 50.2 Å². The molecule has 6 heteroatoms. The summed E-state index contributed by atoms with van der Waals surface area (Å²) in [6, 6.07) is 11.9. The summed E-state index contributed by atoms with van der Waals surface area (Å²) < 4.78 is 28.0. The number of sulfonamides is 1. The highest BCUT2D eigenvalue weighted by Crippen LogP contribution is 2.30. The third-order valence-corrected chi connectivity index (χ3v) is 6.07. The van der Waals surface area contributed by atoms with E-state index in [4.69, 9.17) is 0 Å². The molecule has 0 spiro atoms. The number of amides is 1. The summed E-state index contributed by atoms with van der Waals surface area (Å²) >= 11 is 0. The zero-order chi connectivity index (χ0) is 17.5. The Kier molecular flexibility index (Phi) is 4.09. The van der Waals surface area contributed by atoms with Crippen molar-refractivity contribution in [3.05, 3.63) is 59.2 Å². The van der Waals surface area contributed by atoms with Crippen molar-refractivity contribution in [2.24, 2.45) is 0 Å². The minimum Gasteiger partial charge on any atom is -0.348 e. The van der Waals surface area contributed by atoms with Crippen LogP contribution in [0.4, 0.5) is 5.69 Å². The van der Waals surface area contributed by atoms with Crippen LogP contribution in [0.1, 0.15) is 28.4 Å². The van der Waals surface area contributed by atoms with Crippen molar-refractivity contribution in [3.8, 4) is 0 Å². The number of nitrogens with one attached hydrogen (secondary N) is 1. The van der Waals surface area contributed by atoms with Crippen LogP contribution in [-0.2, 0) is 10.0 Å². The summed E-state index contributed by atoms with van der Waals surface area (Å²) in [4.78, 5) is 12.6. The summed E-state index contributed by atoms with van der Waals surface area (Å²) in [5.41, 5.74) is 2.36. The quantitative estimate of drug-likeness (QED) is 0.911. The second-order valence-electron chi connectivity index (χ2n) is 6.20. The molecule has 2 aromatic carbocycles. The number of carbonyl (C=O) groups excluding carboxylic acids is 1. The highest BCUT2D eigenvalue weighted by atomic mass is 32.2. The van der Waals surface area contributed by atoms with Gasteiger partial charge in [-0.15, -0.1) is 0 Å². The molecular formula is C18H20N2O3S. The van der Waals surface area contributed by atoms with E-state index < -0.39 is 10.0 Å². The van der Waals surface area contributed by atoms with Crippen molar-refractivity contribution in [3.63, 3.8) is 0 Å². The molecule has 0 aliphatic carbocycles. The average Bonchev–Trinajstić information content (AvgIpc) is 2.67. The van der Waals surface area contributed by atoms with Gasteiger partial charge in [0.15, 0.2) is 0 Å². The fourth-order valence-electron chi connectivity index (χ4n) is 2.91. The van der Waals surface area contributed by atoms with E-state index >= 15 is 0 Å². The fraction of sp³-hybridized carbons (Fsp3) is 0.278. The van der Waals surface area contributed by atoms with Crippen LogP contribution in [0.15, 0.2) is 47.4 Å². The highest BCUT2D eigenvalue weighted by molar-refractivity contribution is 7.92. The molecule has 126 valence electrons. The molecule has 1 atom stereocenters. The maximum atomic E-state index is 13.3. The number of para-hydroxylation sites is 1. The molecule has 24 heavy (non-hydrogen) atoms. The molecule has 1 aliphatic rings. The van der Waals surface area contributed by atoms with Gasteiger partial charge >= 0.3 is 0 Å². The lowest BCUT2D eigenvalue weighted by Crippen LogP contribution is -2.41. The minimum atomic E-state index is -3.77. The van der Waals surface area contributed by atoms with Crippen molar-refractivity contribution in [1.29, 1.82) is 0 Å². The topological polar surface area (TPSA) is 66.5 Å². The summed E-state index contributed by atoms with van der Waals surface area (Å²) in [6.45, 7) is 5.64. The molecule has 0 unspecified atom stereocenters. The first kappa shape index (κ1) is 16.5. The predicted molar refractivity (Wildman–Crippen MR) is 93.8 cm³/mol. The van der Waals surface area contributed by atoms with Crippen molar-refractivity contribution in [2.45, 2.75) is 31.7 Å². The van der Waals surface area contributed by atoms with E-state index in [2.05, 4.69) is 5.32 Å². The number of nitrogens with zero attached hydrogens (tertiary/aromatic N) is 1. The molecule has 1 aliphatic heterocycles. The van der Waals surface area contributed by atoms with E-state index in [9.17, 15) is 13.2 Å². The normalized spacial score (nSPS) is 17.9. The summed E-state index contributed by atoms with van der Waals surface area (Å²) in [7, 11) is -3.77. The number of aryl methyl sites for hydroxylation is 2. The van der Waals surface area contributed by atoms with E-state index in [1.807, 2.05) is 13.0 Å². The van der Waals surface area contributed by atoms with E-state index in [0.717, 1.165) is 5.56 Å². The van der Waals surface area contributed by atoms with E-state index in [-0.39, 0.29) is 23.4 Å². The van der Waals surface area contributed by atoms with Gasteiger partial charge in [-0.1, -0.05) is 24.3 Å². The Labute approximate surface area is 142 Å². The molecule has 0 saturated carbocycles. The molecule has 2 aromatic rings. The van der Waals surface area contributed by atoms with Gasteiger partial charge in [0.1, 0.15) is 0 Å². The maximum absolute atomic E-state index is 13.3. The summed E-state index contributed by atoms with van der Waals surface area (Å²) in [6.07, 6.45) is 0. The van der Waals surface area contributed by atoms with Gasteiger partial charge < -0.3 is 5.32 Å². The van der Waals surface area contributed by atoms with Crippen molar-refractivity contribution >= 4 is 21.6 Å². The Morgan fingerprint density at radius 1 is 1.12 bits per heavy atom. The summed E-state index contributed by atoms with van der Waals surface area (Å²) in [5, 5.41) is 2.83. The first-order valence-electron chi connectivity index (χ1n) is 7.80. The van der Waals surface area contributed by atoms with Gasteiger partial charge in [0.05, 0.1) is 22.7 Å². The molecule has 1 amide bonds. The number of rotatable bonds is 2. The van der Waals surface area contributed by atoms with Crippen LogP contribution in [-0.4, -0.2) is 26.9 Å². The van der Waals surface area contributed by atoms with Gasteiger partial charge in [-0.3, -0.25) is 9.10 Å². The molecule has 3 rings (SSSR count). The van der Waals surface area contributed by atoms with Crippen LogP contribution in [0, 0.1) is 13.8 Å². The monoisotopic (exact) mass is 344 g/mol. The fourth-order valence-corrected chi connectivity index (χ4v) is 4.79. The van der Waals surface area contributed by atoms with Gasteiger partial charge in [-0.2, -0.15) is 0 Å². The lowest BCUT2D eigenvalue weighted by molar-refractivity contribution is 0.0945. The smallest absolute Gasteiger partial charge is 0.264 e. The third kappa shape index (κ3) is 2.78. The molecule has 0 fully saturated rings. The van der Waals surface area contributed by atoms with Crippen LogP contribution in [0.5, 0.6) is 0 Å². The Morgan fingerprint density at radius 3 is 2.58 bits per heavy atom. The third-order valence-electron chi connectivity index (χ3n) is 4.15. The predicted octanol–water partition coefficient (Wildman–Crippen LogP) is 2.63. The van der Waals surface area contributed by atoms with Gasteiger partial charge in [-0.25, -0.2) is 8.42 Å². The number of hydrogen-bond donors (Lipinski definition) is 1. The van der Waals surface area contributed by atoms with Crippen LogP contribution < -0.4 is 9.62 Å². The van der Waals surface area contributed by atoms with Crippen molar-refractivity contribution in [1.82, 2.24) is 5.32 Å². The zero-order valence-electron chi connectivity index (χ0n) is 13.9. The average molecular weight is 344 g/mol. The second kappa shape index (κ2) is 5.94. The van der Waals surface area contributed by atoms with E-state index in [1.165, 1.54) is 4.31 Å². The van der Waals surface area contributed by atoms with E-state index in [0.29, 0.717) is 16.8 Å². The largest absolute Gasteiger partial charge is 0.348 e. The number of carbonyl (C=O) groups is 1. The Morgan fingerprint density at radius 2 is 1.83 bits per heavy atom. The minimum absolute atomic E-state index is 0.193. The van der Waals surface area contributed by atoms with Crippen molar-refractivity contribution in [2.75, 3.05) is 10.8 Å². The van der Waals surface area contributed by atoms with Crippen LogP contribution in [0.25, 0.3) is 0 Å². The molecule has 0 bridgehead atoms. The molecule has 5 nitrogen and oxygen atoms in total. The molecular weight excluding hydrogens is 324 g/mol. The second-order valence-corrected chi connectivity index (χ2v) is 8.03. The first-order chi connectivity index (χ1) is 11.3. The number of fused-ring (bicyclic) bond motifs is 1. The molecule has 0 radical (unpaired) electrons. The summed E-state index contributed by atoms with van der Waals surface area (Å²) in [5.74, 6) is -0.253. The lowest BCUT2D eigenvalue weighted by atomic mass is 10.1. The molecule has 0 aromatic heterocycles. The number of benzene rings is 2. The molecule has 1 heterocycles. The first-order valence-corrected chi connectivity index (χ1v) is 9.24. The Hall–Kier alpha value is -2.34. The highest BCUT2D eigenvalue weighted by Gasteiger charge is 2.33. The van der Waals surface area contributed by atoms with Gasteiger partial charge in [-0.05, 0) is 50.1 Å². The maximum Gasteiger partial charge on any atom is 0.264 e. The molecule has 0 saturated heterocycles. The Bertz CT molecular complexity index is 906. The SMILES string of the molecule is Cc1ccc(C)c(S(=O)(=O)N2C[C@@H](C)NC(=O)c3ccccc32)c1. The van der Waals surface area contributed by atoms with Gasteiger partial charge in [0.25, 0.3) is 15.9 Å².